The van der Waals surface area contributed by atoms with Gasteiger partial charge in [-0.15, -0.1) is 0 Å². The van der Waals surface area contributed by atoms with E-state index < -0.39 is 5.97 Å². The minimum atomic E-state index is -0.988. The molecule has 1 N–H and O–H groups in total. The van der Waals surface area contributed by atoms with Crippen molar-refractivity contribution in [1.29, 1.82) is 0 Å². The second-order valence-corrected chi connectivity index (χ2v) is 6.24. The van der Waals surface area contributed by atoms with Gasteiger partial charge >= 0.3 is 5.97 Å². The summed E-state index contributed by atoms with van der Waals surface area (Å²) in [6, 6.07) is 7.98. The average molecular weight is 358 g/mol. The lowest BCUT2D eigenvalue weighted by atomic mass is 10.2. The summed E-state index contributed by atoms with van der Waals surface area (Å²) in [4.78, 5) is 27.3. The molecule has 0 spiro atoms. The van der Waals surface area contributed by atoms with Crippen molar-refractivity contribution in [2.24, 2.45) is 0 Å². The minimum absolute atomic E-state index is 0.109. The van der Waals surface area contributed by atoms with Crippen LogP contribution < -0.4 is 4.74 Å². The summed E-state index contributed by atoms with van der Waals surface area (Å²) in [6.45, 7) is 3.40. The molecule has 0 unspecified atom stereocenters. The van der Waals surface area contributed by atoms with Gasteiger partial charge in [-0.2, -0.15) is 5.10 Å². The van der Waals surface area contributed by atoms with Gasteiger partial charge in [0.15, 0.2) is 0 Å². The van der Waals surface area contributed by atoms with E-state index in [2.05, 4.69) is 16.1 Å². The van der Waals surface area contributed by atoms with Crippen LogP contribution >= 0.6 is 0 Å². The first-order chi connectivity index (χ1) is 12.5. The summed E-state index contributed by atoms with van der Waals surface area (Å²) >= 11 is 0. The highest BCUT2D eigenvalue weighted by molar-refractivity contribution is 5.93. The summed E-state index contributed by atoms with van der Waals surface area (Å²) < 4.78 is 6.51. The van der Waals surface area contributed by atoms with Gasteiger partial charge in [0.1, 0.15) is 12.3 Å². The van der Waals surface area contributed by atoms with Crippen LogP contribution in [0.15, 0.2) is 36.7 Å². The third-order valence-corrected chi connectivity index (χ3v) is 4.38. The predicted octanol–water partition coefficient (Wildman–Crippen LogP) is 0.934. The number of carbonyl (C=O) groups excluding carboxylic acids is 1. The maximum absolute atomic E-state index is 12.5. The summed E-state index contributed by atoms with van der Waals surface area (Å²) in [5.41, 5.74) is 1.60. The number of carboxylic acid groups (broad SMARTS) is 1. The third kappa shape index (κ3) is 4.40. The molecule has 1 aromatic heterocycles. The van der Waals surface area contributed by atoms with Crippen LogP contribution in [0.25, 0.3) is 0 Å². The van der Waals surface area contributed by atoms with Gasteiger partial charge in [-0.25, -0.2) is 0 Å². The Kier molecular flexibility index (Phi) is 5.52. The minimum Gasteiger partial charge on any atom is -0.497 e. The van der Waals surface area contributed by atoms with Gasteiger partial charge < -0.3 is 14.7 Å². The number of aliphatic carboxylic acids is 1. The lowest BCUT2D eigenvalue weighted by molar-refractivity contribution is -0.137. The number of nitrogens with zero attached hydrogens (tertiary/aromatic N) is 4. The standard InChI is InChI=1S/C18H22N4O4/c1-26-16-4-2-3-14(9-16)11-20-5-7-21(8-6-20)18(25)15-10-19-22(12-15)13-17(23)24/h2-4,9-10,12H,5-8,11,13H2,1H3,(H,23,24). The Labute approximate surface area is 151 Å². The van der Waals surface area contributed by atoms with E-state index in [1.807, 2.05) is 18.2 Å². The molecule has 8 heteroatoms. The largest absolute Gasteiger partial charge is 0.497 e. The molecule has 1 aliphatic rings. The lowest BCUT2D eigenvalue weighted by Crippen LogP contribution is -2.48. The molecule has 0 bridgehead atoms. The topological polar surface area (TPSA) is 87.9 Å². The van der Waals surface area contributed by atoms with E-state index in [1.54, 1.807) is 12.0 Å². The SMILES string of the molecule is COc1cccc(CN2CCN(C(=O)c3cnn(CC(=O)O)c3)CC2)c1. The van der Waals surface area contributed by atoms with Gasteiger partial charge in [0.25, 0.3) is 5.91 Å². The number of aromatic nitrogens is 2. The molecular formula is C18H22N4O4. The van der Waals surface area contributed by atoms with Crippen molar-refractivity contribution in [2.75, 3.05) is 33.3 Å². The maximum atomic E-state index is 12.5. The number of carbonyl (C=O) groups is 2. The van der Waals surface area contributed by atoms with Gasteiger partial charge in [0, 0.05) is 38.9 Å². The van der Waals surface area contributed by atoms with E-state index in [-0.39, 0.29) is 12.5 Å². The molecule has 138 valence electrons. The fraction of sp³-hybridized carbons (Fsp3) is 0.389. The Balaban J connectivity index is 1.53. The highest BCUT2D eigenvalue weighted by atomic mass is 16.5. The third-order valence-electron chi connectivity index (χ3n) is 4.38. The van der Waals surface area contributed by atoms with Crippen molar-refractivity contribution >= 4 is 11.9 Å². The predicted molar refractivity (Wildman–Crippen MR) is 94.0 cm³/mol. The van der Waals surface area contributed by atoms with E-state index in [9.17, 15) is 9.59 Å². The van der Waals surface area contributed by atoms with Gasteiger partial charge in [0.05, 0.1) is 18.9 Å². The van der Waals surface area contributed by atoms with Crippen molar-refractivity contribution in [2.45, 2.75) is 13.1 Å². The average Bonchev–Trinajstić information content (AvgIpc) is 3.09. The zero-order chi connectivity index (χ0) is 18.5. The summed E-state index contributed by atoms with van der Waals surface area (Å²) in [5, 5.41) is 12.7. The van der Waals surface area contributed by atoms with Gasteiger partial charge in [0.2, 0.25) is 0 Å². The second kappa shape index (κ2) is 8.01. The highest BCUT2D eigenvalue weighted by Gasteiger charge is 2.23. The van der Waals surface area contributed by atoms with Crippen LogP contribution in [-0.2, 0) is 17.9 Å². The smallest absolute Gasteiger partial charge is 0.325 e. The van der Waals surface area contributed by atoms with E-state index in [1.165, 1.54) is 22.6 Å². The lowest BCUT2D eigenvalue weighted by Gasteiger charge is -2.34. The van der Waals surface area contributed by atoms with Crippen molar-refractivity contribution in [3.05, 3.63) is 47.8 Å². The first-order valence-corrected chi connectivity index (χ1v) is 8.44. The Bertz CT molecular complexity index is 781. The van der Waals surface area contributed by atoms with Gasteiger partial charge in [-0.3, -0.25) is 19.2 Å². The van der Waals surface area contributed by atoms with Crippen molar-refractivity contribution in [3.8, 4) is 5.75 Å². The number of benzene rings is 1. The van der Waals surface area contributed by atoms with Crippen LogP contribution in [0, 0.1) is 0 Å². The number of carboxylic acids is 1. The summed E-state index contributed by atoms with van der Waals surface area (Å²) in [6.07, 6.45) is 2.91. The highest BCUT2D eigenvalue weighted by Crippen LogP contribution is 2.16. The summed E-state index contributed by atoms with van der Waals surface area (Å²) in [5.74, 6) is -0.254. The first-order valence-electron chi connectivity index (χ1n) is 8.44. The fourth-order valence-electron chi connectivity index (χ4n) is 3.02. The molecule has 1 aromatic carbocycles. The van der Waals surface area contributed by atoms with Crippen molar-refractivity contribution in [3.63, 3.8) is 0 Å². The van der Waals surface area contributed by atoms with Crippen LogP contribution in [0.4, 0.5) is 0 Å². The molecule has 8 nitrogen and oxygen atoms in total. The molecule has 2 heterocycles. The number of hydrogen-bond donors (Lipinski definition) is 1. The number of rotatable bonds is 6. The zero-order valence-electron chi connectivity index (χ0n) is 14.7. The number of ether oxygens (including phenoxy) is 1. The van der Waals surface area contributed by atoms with Crippen LogP contribution in [-0.4, -0.2) is 69.9 Å². The Morgan fingerprint density at radius 2 is 2.00 bits per heavy atom. The van der Waals surface area contributed by atoms with Crippen LogP contribution in [0.1, 0.15) is 15.9 Å². The molecule has 2 aromatic rings. The molecule has 0 radical (unpaired) electrons. The van der Waals surface area contributed by atoms with Crippen LogP contribution in [0.5, 0.6) is 5.75 Å². The molecule has 0 aliphatic carbocycles. The number of piperazine rings is 1. The monoisotopic (exact) mass is 358 g/mol. The van der Waals surface area contributed by atoms with Crippen LogP contribution in [0.2, 0.25) is 0 Å². The maximum Gasteiger partial charge on any atom is 0.325 e. The van der Waals surface area contributed by atoms with Gasteiger partial charge in [-0.05, 0) is 17.7 Å². The summed E-state index contributed by atoms with van der Waals surface area (Å²) in [7, 11) is 1.65. The van der Waals surface area contributed by atoms with Crippen molar-refractivity contribution in [1.82, 2.24) is 19.6 Å². The number of amides is 1. The van der Waals surface area contributed by atoms with E-state index >= 15 is 0 Å². The van der Waals surface area contributed by atoms with E-state index in [0.717, 1.165) is 25.4 Å². The first kappa shape index (κ1) is 17.9. The van der Waals surface area contributed by atoms with Crippen LogP contribution in [0.3, 0.4) is 0 Å². The normalized spacial score (nSPS) is 15.0. The molecular weight excluding hydrogens is 336 g/mol. The molecule has 3 rings (SSSR count). The molecule has 1 saturated heterocycles. The van der Waals surface area contributed by atoms with Crippen molar-refractivity contribution < 1.29 is 19.4 Å². The van der Waals surface area contributed by atoms with E-state index in [0.29, 0.717) is 18.7 Å². The fourth-order valence-corrected chi connectivity index (χ4v) is 3.02. The molecule has 1 fully saturated rings. The number of methoxy groups -OCH3 is 1. The Morgan fingerprint density at radius 1 is 1.23 bits per heavy atom. The second-order valence-electron chi connectivity index (χ2n) is 6.24. The molecule has 0 atom stereocenters. The molecule has 1 aliphatic heterocycles. The molecule has 26 heavy (non-hydrogen) atoms. The Morgan fingerprint density at radius 3 is 2.69 bits per heavy atom. The molecule has 1 amide bonds. The quantitative estimate of drug-likeness (QED) is 0.827. The Hall–Kier alpha value is -2.87. The van der Waals surface area contributed by atoms with E-state index in [4.69, 9.17) is 9.84 Å². The molecule has 0 saturated carbocycles. The zero-order valence-corrected chi connectivity index (χ0v) is 14.7. The van der Waals surface area contributed by atoms with Gasteiger partial charge in [-0.1, -0.05) is 12.1 Å². The number of hydrogen-bond acceptors (Lipinski definition) is 5.